The predicted octanol–water partition coefficient (Wildman–Crippen LogP) is 2.74. The Bertz CT molecular complexity index is 513. The molecule has 5 heteroatoms. The van der Waals surface area contributed by atoms with Gasteiger partial charge in [0.05, 0.1) is 18.8 Å². The summed E-state index contributed by atoms with van der Waals surface area (Å²) in [6.45, 7) is 10.2. The van der Waals surface area contributed by atoms with Crippen molar-refractivity contribution in [3.8, 4) is 11.5 Å². The van der Waals surface area contributed by atoms with Gasteiger partial charge in [-0.2, -0.15) is 0 Å². The average Bonchev–Trinajstić information content (AvgIpc) is 2.63. The first-order valence-electron chi connectivity index (χ1n) is 9.10. The van der Waals surface area contributed by atoms with E-state index >= 15 is 0 Å². The minimum Gasteiger partial charge on any atom is -0.494 e. The standard InChI is InChI=1S/C19H30N2O3/c1-3-13-23-16-5-6-19(24-14-4-2)17(15-16)18(22)7-10-21-11-8-20-9-12-21/h5-6,15,20H,3-4,7-14H2,1-2H3. The van der Waals surface area contributed by atoms with Crippen LogP contribution in [0.15, 0.2) is 18.2 Å². The molecular weight excluding hydrogens is 304 g/mol. The van der Waals surface area contributed by atoms with E-state index in [4.69, 9.17) is 9.47 Å². The van der Waals surface area contributed by atoms with Crippen molar-refractivity contribution in [2.24, 2.45) is 0 Å². The quantitative estimate of drug-likeness (QED) is 0.667. The fraction of sp³-hybridized carbons (Fsp3) is 0.632. The van der Waals surface area contributed by atoms with Crippen molar-refractivity contribution in [1.82, 2.24) is 10.2 Å². The van der Waals surface area contributed by atoms with Crippen LogP contribution in [0.4, 0.5) is 0 Å². The topological polar surface area (TPSA) is 50.8 Å². The lowest BCUT2D eigenvalue weighted by Gasteiger charge is -2.26. The summed E-state index contributed by atoms with van der Waals surface area (Å²) in [4.78, 5) is 15.1. The van der Waals surface area contributed by atoms with Crippen molar-refractivity contribution >= 4 is 5.78 Å². The van der Waals surface area contributed by atoms with Crippen LogP contribution in [0.1, 0.15) is 43.5 Å². The first-order valence-corrected chi connectivity index (χ1v) is 9.10. The molecule has 5 nitrogen and oxygen atoms in total. The summed E-state index contributed by atoms with van der Waals surface area (Å²) in [7, 11) is 0. The Kier molecular flexibility index (Phi) is 8.05. The Morgan fingerprint density at radius 3 is 2.54 bits per heavy atom. The number of piperazine rings is 1. The zero-order valence-electron chi connectivity index (χ0n) is 15.0. The van der Waals surface area contributed by atoms with Gasteiger partial charge in [-0.1, -0.05) is 13.8 Å². The van der Waals surface area contributed by atoms with Crippen molar-refractivity contribution in [1.29, 1.82) is 0 Å². The third-order valence-corrected chi connectivity index (χ3v) is 4.05. The first-order chi connectivity index (χ1) is 11.7. The predicted molar refractivity (Wildman–Crippen MR) is 96.3 cm³/mol. The number of rotatable bonds is 10. The van der Waals surface area contributed by atoms with E-state index in [9.17, 15) is 4.79 Å². The van der Waals surface area contributed by atoms with Crippen LogP contribution in [0, 0.1) is 0 Å². The van der Waals surface area contributed by atoms with Gasteiger partial charge in [-0.05, 0) is 31.0 Å². The van der Waals surface area contributed by atoms with Crippen LogP contribution >= 0.6 is 0 Å². The summed E-state index contributed by atoms with van der Waals surface area (Å²) in [6, 6.07) is 5.58. The second-order valence-corrected chi connectivity index (χ2v) is 6.12. The highest BCUT2D eigenvalue weighted by Gasteiger charge is 2.17. The summed E-state index contributed by atoms with van der Waals surface area (Å²) in [5.74, 6) is 1.54. The van der Waals surface area contributed by atoms with Gasteiger partial charge < -0.3 is 19.7 Å². The molecule has 1 heterocycles. The molecule has 1 aromatic carbocycles. The third kappa shape index (κ3) is 5.80. The Morgan fingerprint density at radius 1 is 1.12 bits per heavy atom. The van der Waals surface area contributed by atoms with Crippen molar-refractivity contribution in [3.05, 3.63) is 23.8 Å². The van der Waals surface area contributed by atoms with E-state index in [-0.39, 0.29) is 5.78 Å². The van der Waals surface area contributed by atoms with Crippen LogP contribution in [0.25, 0.3) is 0 Å². The maximum absolute atomic E-state index is 12.7. The molecule has 24 heavy (non-hydrogen) atoms. The highest BCUT2D eigenvalue weighted by molar-refractivity contribution is 5.99. The van der Waals surface area contributed by atoms with Crippen LogP contribution in [-0.2, 0) is 0 Å². The molecule has 1 aromatic rings. The first kappa shape index (κ1) is 18.7. The van der Waals surface area contributed by atoms with Crippen LogP contribution in [-0.4, -0.2) is 56.6 Å². The van der Waals surface area contributed by atoms with Gasteiger partial charge in [-0.3, -0.25) is 4.79 Å². The Labute approximate surface area is 145 Å². The molecule has 0 bridgehead atoms. The van der Waals surface area contributed by atoms with Gasteiger partial charge >= 0.3 is 0 Å². The minimum absolute atomic E-state index is 0.126. The van der Waals surface area contributed by atoms with E-state index in [1.54, 1.807) is 0 Å². The number of carbonyl (C=O) groups is 1. The molecule has 0 amide bonds. The van der Waals surface area contributed by atoms with Gasteiger partial charge in [0.25, 0.3) is 0 Å². The van der Waals surface area contributed by atoms with Crippen LogP contribution < -0.4 is 14.8 Å². The second-order valence-electron chi connectivity index (χ2n) is 6.12. The number of carbonyl (C=O) groups excluding carboxylic acids is 1. The molecule has 2 rings (SSSR count). The zero-order chi connectivity index (χ0) is 17.2. The zero-order valence-corrected chi connectivity index (χ0v) is 15.0. The lowest BCUT2D eigenvalue weighted by Crippen LogP contribution is -2.44. The van der Waals surface area contributed by atoms with Gasteiger partial charge in [0, 0.05) is 39.1 Å². The lowest BCUT2D eigenvalue weighted by atomic mass is 10.1. The van der Waals surface area contributed by atoms with Crippen molar-refractivity contribution in [3.63, 3.8) is 0 Å². The van der Waals surface area contributed by atoms with Crippen LogP contribution in [0.3, 0.4) is 0 Å². The molecule has 0 unspecified atom stereocenters. The summed E-state index contributed by atoms with van der Waals surface area (Å²) >= 11 is 0. The number of hydrogen-bond acceptors (Lipinski definition) is 5. The van der Waals surface area contributed by atoms with Gasteiger partial charge in [0.15, 0.2) is 5.78 Å². The average molecular weight is 334 g/mol. The van der Waals surface area contributed by atoms with E-state index in [1.165, 1.54) is 0 Å². The number of ether oxygens (including phenoxy) is 2. The Balaban J connectivity index is 2.03. The molecule has 0 atom stereocenters. The molecule has 1 saturated heterocycles. The highest BCUT2D eigenvalue weighted by atomic mass is 16.5. The van der Waals surface area contributed by atoms with Crippen molar-refractivity contribution in [2.45, 2.75) is 33.1 Å². The number of nitrogens with one attached hydrogen (secondary N) is 1. The summed E-state index contributed by atoms with van der Waals surface area (Å²) in [6.07, 6.45) is 2.38. The van der Waals surface area contributed by atoms with Gasteiger partial charge in [-0.25, -0.2) is 0 Å². The van der Waals surface area contributed by atoms with Crippen molar-refractivity contribution in [2.75, 3.05) is 45.9 Å². The minimum atomic E-state index is 0.126. The largest absolute Gasteiger partial charge is 0.494 e. The molecule has 0 aromatic heterocycles. The molecule has 134 valence electrons. The summed E-state index contributed by atoms with van der Waals surface area (Å²) in [5, 5.41) is 3.33. The molecular formula is C19H30N2O3. The maximum Gasteiger partial charge on any atom is 0.168 e. The highest BCUT2D eigenvalue weighted by Crippen LogP contribution is 2.26. The smallest absolute Gasteiger partial charge is 0.168 e. The fourth-order valence-corrected chi connectivity index (χ4v) is 2.70. The molecule has 1 aliphatic heterocycles. The number of nitrogens with zero attached hydrogens (tertiary/aromatic N) is 1. The van der Waals surface area contributed by atoms with E-state index in [2.05, 4.69) is 24.1 Å². The Hall–Kier alpha value is -1.59. The molecule has 0 aliphatic carbocycles. The number of benzene rings is 1. The number of hydrogen-bond donors (Lipinski definition) is 1. The SMILES string of the molecule is CCCOc1ccc(OCCC)c(C(=O)CCN2CCNCC2)c1. The third-order valence-electron chi connectivity index (χ3n) is 4.05. The molecule has 0 spiro atoms. The van der Waals surface area contributed by atoms with Crippen LogP contribution in [0.5, 0.6) is 11.5 Å². The van der Waals surface area contributed by atoms with Gasteiger partial charge in [-0.15, -0.1) is 0 Å². The molecule has 0 radical (unpaired) electrons. The van der Waals surface area contributed by atoms with Crippen LogP contribution in [0.2, 0.25) is 0 Å². The fourth-order valence-electron chi connectivity index (χ4n) is 2.70. The Morgan fingerprint density at radius 2 is 1.83 bits per heavy atom. The molecule has 1 N–H and O–H groups in total. The number of ketones is 1. The summed E-state index contributed by atoms with van der Waals surface area (Å²) in [5.41, 5.74) is 0.646. The molecule has 1 aliphatic rings. The van der Waals surface area contributed by atoms with E-state index in [0.717, 1.165) is 51.3 Å². The second kappa shape index (κ2) is 10.3. The van der Waals surface area contributed by atoms with Gasteiger partial charge in [0.1, 0.15) is 11.5 Å². The number of Topliss-reactive ketones (excluding diaryl/α,β-unsaturated/α-hetero) is 1. The maximum atomic E-state index is 12.7. The molecule has 1 fully saturated rings. The van der Waals surface area contributed by atoms with Gasteiger partial charge in [0.2, 0.25) is 0 Å². The normalized spacial score (nSPS) is 15.2. The lowest BCUT2D eigenvalue weighted by molar-refractivity contribution is 0.0956. The van der Waals surface area contributed by atoms with E-state index in [1.807, 2.05) is 18.2 Å². The monoisotopic (exact) mass is 334 g/mol. The molecule has 0 saturated carbocycles. The summed E-state index contributed by atoms with van der Waals surface area (Å²) < 4.78 is 11.4. The van der Waals surface area contributed by atoms with E-state index < -0.39 is 0 Å². The van der Waals surface area contributed by atoms with Crippen molar-refractivity contribution < 1.29 is 14.3 Å². The van der Waals surface area contributed by atoms with E-state index in [0.29, 0.717) is 30.9 Å².